The normalized spacial score (nSPS) is 11.9. The van der Waals surface area contributed by atoms with E-state index in [1.54, 1.807) is 31.4 Å². The molecule has 0 aliphatic heterocycles. The summed E-state index contributed by atoms with van der Waals surface area (Å²) in [7, 11) is -0.776. The van der Waals surface area contributed by atoms with Crippen LogP contribution in [-0.2, 0) is 15.5 Å². The van der Waals surface area contributed by atoms with Gasteiger partial charge in [0.05, 0.1) is 12.2 Å². The number of ether oxygens (including phenoxy) is 1. The fourth-order valence-corrected chi connectivity index (χ4v) is 2.11. The largest absolute Gasteiger partial charge is 0.462 e. The van der Waals surface area contributed by atoms with E-state index < -0.39 is 16.8 Å². The molecule has 0 saturated carbocycles. The highest BCUT2D eigenvalue weighted by Crippen LogP contribution is 2.18. The highest BCUT2D eigenvalue weighted by atomic mass is 32.2. The summed E-state index contributed by atoms with van der Waals surface area (Å²) in [5.74, 6) is 0.241. The molecule has 5 nitrogen and oxygen atoms in total. The molecule has 0 aliphatic carbocycles. The van der Waals surface area contributed by atoms with Gasteiger partial charge in [0, 0.05) is 40.7 Å². The Balaban J connectivity index is 2.63. The van der Waals surface area contributed by atoms with Gasteiger partial charge in [-0.05, 0) is 31.5 Å². The van der Waals surface area contributed by atoms with Gasteiger partial charge < -0.3 is 15.8 Å². The molecule has 1 unspecified atom stereocenters. The Morgan fingerprint density at radius 1 is 1.47 bits per heavy atom. The Hall–Kier alpha value is -1.56. The zero-order valence-electron chi connectivity index (χ0n) is 11.3. The van der Waals surface area contributed by atoms with E-state index in [9.17, 15) is 9.00 Å². The first kappa shape index (κ1) is 15.5. The van der Waals surface area contributed by atoms with Gasteiger partial charge in [0.2, 0.25) is 0 Å². The van der Waals surface area contributed by atoms with Crippen molar-refractivity contribution >= 4 is 28.1 Å². The minimum absolute atomic E-state index is 0.318. The molecular weight excluding hydrogens is 264 g/mol. The lowest BCUT2D eigenvalue weighted by Crippen LogP contribution is -2.10. The molecule has 0 bridgehead atoms. The van der Waals surface area contributed by atoms with Crippen LogP contribution in [0.15, 0.2) is 18.2 Å². The van der Waals surface area contributed by atoms with Gasteiger partial charge >= 0.3 is 5.97 Å². The molecule has 19 heavy (non-hydrogen) atoms. The Bertz CT molecular complexity index is 463. The minimum Gasteiger partial charge on any atom is -0.462 e. The molecule has 0 amide bonds. The Kier molecular flexibility index (Phi) is 6.35. The third-order valence-electron chi connectivity index (χ3n) is 2.49. The zero-order chi connectivity index (χ0) is 14.3. The van der Waals surface area contributed by atoms with Crippen LogP contribution in [0.5, 0.6) is 0 Å². The Labute approximate surface area is 116 Å². The van der Waals surface area contributed by atoms with Crippen LogP contribution in [0.1, 0.15) is 23.7 Å². The number of benzene rings is 1. The number of anilines is 2. The number of rotatable bonds is 7. The minimum atomic E-state index is -0.776. The first-order valence-electron chi connectivity index (χ1n) is 6.15. The number of hydrogen-bond acceptors (Lipinski definition) is 5. The standard InChI is InChI=1S/C13H20N2O3S/c1-3-18-13(16)11-9-10(5-6-12(11)14)15-7-4-8-19(2)17/h5-6,9,15H,3-4,7-8,14H2,1-2H3. The van der Waals surface area contributed by atoms with E-state index in [4.69, 9.17) is 10.5 Å². The number of nitrogens with one attached hydrogen (secondary N) is 1. The van der Waals surface area contributed by atoms with Gasteiger partial charge in [-0.3, -0.25) is 4.21 Å². The molecule has 0 saturated heterocycles. The second-order valence-electron chi connectivity index (χ2n) is 4.08. The van der Waals surface area contributed by atoms with E-state index in [2.05, 4.69) is 5.32 Å². The molecule has 106 valence electrons. The van der Waals surface area contributed by atoms with Crippen LogP contribution in [0.25, 0.3) is 0 Å². The smallest absolute Gasteiger partial charge is 0.340 e. The predicted molar refractivity (Wildman–Crippen MR) is 78.9 cm³/mol. The zero-order valence-corrected chi connectivity index (χ0v) is 12.1. The van der Waals surface area contributed by atoms with Crippen molar-refractivity contribution in [3.8, 4) is 0 Å². The molecule has 0 fully saturated rings. The van der Waals surface area contributed by atoms with E-state index >= 15 is 0 Å². The highest BCUT2D eigenvalue weighted by Gasteiger charge is 2.11. The van der Waals surface area contributed by atoms with Gasteiger partial charge in [0.25, 0.3) is 0 Å². The van der Waals surface area contributed by atoms with Crippen molar-refractivity contribution in [1.29, 1.82) is 0 Å². The van der Waals surface area contributed by atoms with Gasteiger partial charge in [-0.1, -0.05) is 0 Å². The summed E-state index contributed by atoms with van der Waals surface area (Å²) in [4.78, 5) is 11.7. The molecule has 0 aromatic heterocycles. The van der Waals surface area contributed by atoms with Crippen LogP contribution < -0.4 is 11.1 Å². The quantitative estimate of drug-likeness (QED) is 0.452. The van der Waals surface area contributed by atoms with E-state index in [1.165, 1.54) is 0 Å². The van der Waals surface area contributed by atoms with Crippen LogP contribution in [-0.4, -0.2) is 35.3 Å². The molecule has 0 spiro atoms. The molecule has 1 aromatic carbocycles. The van der Waals surface area contributed by atoms with Crippen LogP contribution in [0, 0.1) is 0 Å². The molecule has 1 atom stereocenters. The maximum Gasteiger partial charge on any atom is 0.340 e. The van der Waals surface area contributed by atoms with Crippen molar-refractivity contribution in [2.45, 2.75) is 13.3 Å². The Morgan fingerprint density at radius 2 is 2.21 bits per heavy atom. The van der Waals surface area contributed by atoms with E-state index in [-0.39, 0.29) is 0 Å². The van der Waals surface area contributed by atoms with Gasteiger partial charge in [0.1, 0.15) is 0 Å². The molecule has 1 rings (SSSR count). The fraction of sp³-hybridized carbons (Fsp3) is 0.462. The summed E-state index contributed by atoms with van der Waals surface area (Å²) < 4.78 is 15.9. The van der Waals surface area contributed by atoms with Gasteiger partial charge in [-0.2, -0.15) is 0 Å². The van der Waals surface area contributed by atoms with Gasteiger partial charge in [-0.25, -0.2) is 4.79 Å². The van der Waals surface area contributed by atoms with Crippen molar-refractivity contribution in [2.24, 2.45) is 0 Å². The number of nitrogens with two attached hydrogens (primary N) is 1. The van der Waals surface area contributed by atoms with E-state index in [0.29, 0.717) is 30.2 Å². The maximum atomic E-state index is 11.7. The Morgan fingerprint density at radius 3 is 2.84 bits per heavy atom. The summed E-state index contributed by atoms with van der Waals surface area (Å²) in [6.45, 7) is 2.77. The highest BCUT2D eigenvalue weighted by molar-refractivity contribution is 7.84. The molecule has 0 radical (unpaired) electrons. The molecule has 0 aliphatic rings. The maximum absolute atomic E-state index is 11.7. The first-order valence-corrected chi connectivity index (χ1v) is 7.88. The van der Waals surface area contributed by atoms with E-state index in [1.807, 2.05) is 0 Å². The number of carbonyl (C=O) groups excluding carboxylic acids is 1. The number of hydrogen-bond donors (Lipinski definition) is 2. The molecule has 1 aromatic rings. The number of esters is 1. The topological polar surface area (TPSA) is 81.4 Å². The van der Waals surface area contributed by atoms with Crippen LogP contribution in [0.2, 0.25) is 0 Å². The molecule has 3 N–H and O–H groups in total. The van der Waals surface area contributed by atoms with Crippen LogP contribution in [0.3, 0.4) is 0 Å². The average molecular weight is 284 g/mol. The third-order valence-corrected chi connectivity index (χ3v) is 3.35. The summed E-state index contributed by atoms with van der Waals surface area (Å²) in [6, 6.07) is 5.16. The van der Waals surface area contributed by atoms with Gasteiger partial charge in [-0.15, -0.1) is 0 Å². The van der Waals surface area contributed by atoms with Gasteiger partial charge in [0.15, 0.2) is 0 Å². The predicted octanol–water partition coefficient (Wildman–Crippen LogP) is 1.63. The fourth-order valence-electron chi connectivity index (χ4n) is 1.56. The van der Waals surface area contributed by atoms with Crippen molar-refractivity contribution in [2.75, 3.05) is 36.2 Å². The van der Waals surface area contributed by atoms with E-state index in [0.717, 1.165) is 12.1 Å². The molecule has 6 heteroatoms. The van der Waals surface area contributed by atoms with Crippen molar-refractivity contribution < 1.29 is 13.7 Å². The van der Waals surface area contributed by atoms with Crippen molar-refractivity contribution in [3.63, 3.8) is 0 Å². The number of carbonyl (C=O) groups is 1. The van der Waals surface area contributed by atoms with Crippen LogP contribution >= 0.6 is 0 Å². The van der Waals surface area contributed by atoms with Crippen LogP contribution in [0.4, 0.5) is 11.4 Å². The SMILES string of the molecule is CCOC(=O)c1cc(NCCCS(C)=O)ccc1N. The first-order chi connectivity index (χ1) is 9.04. The van der Waals surface area contributed by atoms with Crippen molar-refractivity contribution in [1.82, 2.24) is 0 Å². The summed E-state index contributed by atoms with van der Waals surface area (Å²) in [5, 5.41) is 3.17. The monoisotopic (exact) mass is 284 g/mol. The lowest BCUT2D eigenvalue weighted by Gasteiger charge is -2.10. The van der Waals surface area contributed by atoms with Crippen molar-refractivity contribution in [3.05, 3.63) is 23.8 Å². The number of nitrogen functional groups attached to an aromatic ring is 1. The second kappa shape index (κ2) is 7.78. The second-order valence-corrected chi connectivity index (χ2v) is 5.63. The lowest BCUT2D eigenvalue weighted by atomic mass is 10.1. The molecule has 0 heterocycles. The summed E-state index contributed by atoms with van der Waals surface area (Å²) in [5.41, 5.74) is 7.32. The summed E-state index contributed by atoms with van der Waals surface area (Å²) >= 11 is 0. The lowest BCUT2D eigenvalue weighted by molar-refractivity contribution is 0.0527. The molecular formula is C13H20N2O3S. The average Bonchev–Trinajstić information content (AvgIpc) is 2.36. The third kappa shape index (κ3) is 5.30. The summed E-state index contributed by atoms with van der Waals surface area (Å²) in [6.07, 6.45) is 2.49.